The molecule has 1 aromatic carbocycles. The number of alkyl halides is 1. The third-order valence-electron chi connectivity index (χ3n) is 1.48. The lowest BCUT2D eigenvalue weighted by atomic mass is 10.3. The third-order valence-corrected chi connectivity index (χ3v) is 1.69. The van der Waals surface area contributed by atoms with Crippen LogP contribution in [0.1, 0.15) is 6.92 Å². The summed E-state index contributed by atoms with van der Waals surface area (Å²) in [7, 11) is 0. The van der Waals surface area contributed by atoms with Gasteiger partial charge in [-0.2, -0.15) is 10.2 Å². The van der Waals surface area contributed by atoms with Gasteiger partial charge >= 0.3 is 5.97 Å². The molecule has 0 saturated heterocycles. The van der Waals surface area contributed by atoms with E-state index in [4.69, 9.17) is 11.6 Å². The smallest absolute Gasteiger partial charge is 0.302 e. The number of ether oxygens (including phenoxy) is 1. The van der Waals surface area contributed by atoms with Crippen LogP contribution in [0.5, 0.6) is 0 Å². The third kappa shape index (κ3) is 5.12. The van der Waals surface area contributed by atoms with Gasteiger partial charge in [-0.1, -0.05) is 29.8 Å². The number of nitrogens with zero attached hydrogens (tertiary/aromatic N) is 2. The van der Waals surface area contributed by atoms with Crippen LogP contribution in [-0.4, -0.2) is 18.1 Å². The van der Waals surface area contributed by atoms with Gasteiger partial charge in [0, 0.05) is 6.92 Å². The van der Waals surface area contributed by atoms with Crippen molar-refractivity contribution in [2.45, 2.75) is 12.4 Å². The minimum absolute atomic E-state index is 0.0349. The summed E-state index contributed by atoms with van der Waals surface area (Å²) in [5, 5.41) is 7.67. The number of esters is 1. The lowest BCUT2D eigenvalue weighted by molar-refractivity contribution is -0.140. The summed E-state index contributed by atoms with van der Waals surface area (Å²) >= 11 is 5.74. The number of carbonyl (C=O) groups is 1. The van der Waals surface area contributed by atoms with Gasteiger partial charge in [0.25, 0.3) is 0 Å². The maximum absolute atomic E-state index is 10.5. The van der Waals surface area contributed by atoms with Crippen molar-refractivity contribution in [3.8, 4) is 0 Å². The summed E-state index contributed by atoms with van der Waals surface area (Å²) in [5.74, 6) is -0.379. The zero-order valence-electron chi connectivity index (χ0n) is 8.26. The summed E-state index contributed by atoms with van der Waals surface area (Å²) in [4.78, 5) is 10.5. The first-order chi connectivity index (χ1) is 7.18. The van der Waals surface area contributed by atoms with E-state index in [2.05, 4.69) is 15.0 Å². The molecule has 0 aliphatic carbocycles. The summed E-state index contributed by atoms with van der Waals surface area (Å²) in [5.41, 5.74) is 0.0695. The van der Waals surface area contributed by atoms with Crippen LogP contribution in [-0.2, 0) is 9.53 Å². The van der Waals surface area contributed by atoms with E-state index in [1.165, 1.54) is 6.92 Å². The molecule has 0 radical (unpaired) electrons. The average Bonchev–Trinajstić information content (AvgIpc) is 2.25. The van der Waals surface area contributed by atoms with E-state index >= 15 is 0 Å². The van der Waals surface area contributed by atoms with Gasteiger partial charge in [0.1, 0.15) is 6.61 Å². The molecule has 1 rings (SSSR count). The molecule has 0 heterocycles. The number of azo groups is 1. The van der Waals surface area contributed by atoms with Gasteiger partial charge in [0.2, 0.25) is 0 Å². The minimum Gasteiger partial charge on any atom is -0.462 e. The Kier molecular flexibility index (Phi) is 4.77. The average molecular weight is 227 g/mol. The fourth-order valence-corrected chi connectivity index (χ4v) is 0.950. The summed E-state index contributed by atoms with van der Waals surface area (Å²) in [6.07, 6.45) is 0. The molecule has 0 fully saturated rings. The van der Waals surface area contributed by atoms with Crippen LogP contribution in [0.2, 0.25) is 0 Å². The molecule has 1 atom stereocenters. The van der Waals surface area contributed by atoms with Crippen LogP contribution in [0.15, 0.2) is 40.6 Å². The van der Waals surface area contributed by atoms with Crippen LogP contribution in [0.4, 0.5) is 5.69 Å². The second-order valence-corrected chi connectivity index (χ2v) is 3.29. The van der Waals surface area contributed by atoms with Crippen molar-refractivity contribution in [1.82, 2.24) is 0 Å². The van der Waals surface area contributed by atoms with Gasteiger partial charge in [0.05, 0.1) is 5.69 Å². The Morgan fingerprint density at radius 3 is 2.73 bits per heavy atom. The topological polar surface area (TPSA) is 51.0 Å². The fourth-order valence-electron chi connectivity index (χ4n) is 0.843. The highest BCUT2D eigenvalue weighted by atomic mass is 35.5. The van der Waals surface area contributed by atoms with Crippen molar-refractivity contribution in [3.63, 3.8) is 0 Å². The van der Waals surface area contributed by atoms with E-state index in [9.17, 15) is 4.79 Å². The van der Waals surface area contributed by atoms with Crippen LogP contribution in [0, 0.1) is 0 Å². The Labute approximate surface area is 92.9 Å². The molecular weight excluding hydrogens is 216 g/mol. The number of halogens is 1. The van der Waals surface area contributed by atoms with Crippen molar-refractivity contribution < 1.29 is 9.53 Å². The van der Waals surface area contributed by atoms with Gasteiger partial charge in [-0.05, 0) is 12.1 Å². The summed E-state index contributed by atoms with van der Waals surface area (Å²) in [6, 6.07) is 9.20. The van der Waals surface area contributed by atoms with E-state index in [1.54, 1.807) is 12.1 Å². The van der Waals surface area contributed by atoms with Crippen LogP contribution in [0.25, 0.3) is 0 Å². The predicted molar refractivity (Wildman–Crippen MR) is 57.2 cm³/mol. The standard InChI is InChI=1S/C10H11ClN2O2/c1-8(14)15-7-10(11)13-12-9-5-3-2-4-6-9/h2-6,10H,7H2,1H3. The molecule has 0 spiro atoms. The number of carbonyl (C=O) groups excluding carboxylic acids is 1. The highest BCUT2D eigenvalue weighted by Crippen LogP contribution is 2.12. The van der Waals surface area contributed by atoms with Gasteiger partial charge in [-0.15, -0.1) is 0 Å². The highest BCUT2D eigenvalue weighted by molar-refractivity contribution is 6.20. The maximum Gasteiger partial charge on any atom is 0.302 e. The van der Waals surface area contributed by atoms with E-state index in [0.717, 1.165) is 0 Å². The number of benzene rings is 1. The molecule has 0 saturated carbocycles. The minimum atomic E-state index is -0.644. The Morgan fingerprint density at radius 2 is 2.13 bits per heavy atom. The number of hydrogen-bond acceptors (Lipinski definition) is 4. The van der Waals surface area contributed by atoms with Gasteiger partial charge in [-0.3, -0.25) is 4.79 Å². The largest absolute Gasteiger partial charge is 0.462 e. The molecule has 1 unspecified atom stereocenters. The Balaban J connectivity index is 2.41. The molecule has 4 nitrogen and oxygen atoms in total. The van der Waals surface area contributed by atoms with Crippen LogP contribution in [0.3, 0.4) is 0 Å². The van der Waals surface area contributed by atoms with Crippen molar-refractivity contribution in [1.29, 1.82) is 0 Å². The van der Waals surface area contributed by atoms with E-state index in [1.807, 2.05) is 18.2 Å². The number of rotatable bonds is 4. The van der Waals surface area contributed by atoms with Gasteiger partial charge in [-0.25, -0.2) is 0 Å². The first kappa shape index (κ1) is 11.7. The molecule has 80 valence electrons. The molecule has 0 N–H and O–H groups in total. The normalized spacial score (nSPS) is 12.7. The van der Waals surface area contributed by atoms with Crippen molar-refractivity contribution >= 4 is 23.3 Å². The highest BCUT2D eigenvalue weighted by Gasteiger charge is 2.03. The second kappa shape index (κ2) is 6.14. The fraction of sp³-hybridized carbons (Fsp3) is 0.300. The molecule has 0 aromatic heterocycles. The van der Waals surface area contributed by atoms with Gasteiger partial charge < -0.3 is 4.74 Å². The lowest BCUT2D eigenvalue weighted by Gasteiger charge is -2.02. The molecule has 0 amide bonds. The van der Waals surface area contributed by atoms with Crippen molar-refractivity contribution in [2.24, 2.45) is 10.2 Å². The van der Waals surface area contributed by atoms with Crippen LogP contribution < -0.4 is 0 Å². The van der Waals surface area contributed by atoms with E-state index in [0.29, 0.717) is 5.69 Å². The molecule has 0 aliphatic heterocycles. The molecule has 0 bridgehead atoms. The first-order valence-corrected chi connectivity index (χ1v) is 4.85. The predicted octanol–water partition coefficient (Wildman–Crippen LogP) is 2.90. The molecule has 15 heavy (non-hydrogen) atoms. The van der Waals surface area contributed by atoms with E-state index < -0.39 is 5.50 Å². The molecule has 1 aromatic rings. The zero-order chi connectivity index (χ0) is 11.1. The van der Waals surface area contributed by atoms with Crippen LogP contribution >= 0.6 is 11.6 Å². The van der Waals surface area contributed by atoms with Crippen molar-refractivity contribution in [2.75, 3.05) is 6.61 Å². The summed E-state index contributed by atoms with van der Waals surface area (Å²) in [6.45, 7) is 1.35. The zero-order valence-corrected chi connectivity index (χ0v) is 9.02. The molecular formula is C10H11ClN2O2. The Hall–Kier alpha value is -1.42. The molecule has 5 heteroatoms. The van der Waals surface area contributed by atoms with E-state index in [-0.39, 0.29) is 12.6 Å². The van der Waals surface area contributed by atoms with Crippen molar-refractivity contribution in [3.05, 3.63) is 30.3 Å². The second-order valence-electron chi connectivity index (χ2n) is 2.79. The SMILES string of the molecule is CC(=O)OCC(Cl)N=Nc1ccccc1. The molecule has 0 aliphatic rings. The lowest BCUT2D eigenvalue weighted by Crippen LogP contribution is -2.09. The Morgan fingerprint density at radius 1 is 1.47 bits per heavy atom. The maximum atomic E-state index is 10.5. The monoisotopic (exact) mass is 226 g/mol. The van der Waals surface area contributed by atoms with Gasteiger partial charge in [0.15, 0.2) is 5.50 Å². The summed E-state index contributed by atoms with van der Waals surface area (Å²) < 4.78 is 4.67. The first-order valence-electron chi connectivity index (χ1n) is 4.42. The number of hydrogen-bond donors (Lipinski definition) is 0. The Bertz CT molecular complexity index is 341. The quantitative estimate of drug-likeness (QED) is 0.343.